The summed E-state index contributed by atoms with van der Waals surface area (Å²) in [6.45, 7) is 4.11. The van der Waals surface area contributed by atoms with E-state index in [0.29, 0.717) is 22.6 Å². The first-order chi connectivity index (χ1) is 14.5. The van der Waals surface area contributed by atoms with E-state index in [1.165, 1.54) is 10.9 Å². The molecule has 1 amide bonds. The Bertz CT molecular complexity index is 1290. The molecule has 7 heteroatoms. The third-order valence-corrected chi connectivity index (χ3v) is 5.42. The van der Waals surface area contributed by atoms with Gasteiger partial charge in [-0.05, 0) is 49.2 Å². The normalized spacial score (nSPS) is 11.0. The third-order valence-electron chi connectivity index (χ3n) is 5.19. The summed E-state index contributed by atoms with van der Waals surface area (Å²) in [6.07, 6.45) is 1.43. The van der Waals surface area contributed by atoms with Crippen LogP contribution in [-0.2, 0) is 17.9 Å². The molecule has 152 valence electrons. The Hall–Kier alpha value is -3.38. The Labute approximate surface area is 178 Å². The lowest BCUT2D eigenvalue weighted by Gasteiger charge is -2.09. The number of rotatable bonds is 5. The Morgan fingerprint density at radius 2 is 1.87 bits per heavy atom. The van der Waals surface area contributed by atoms with Gasteiger partial charge in [-0.15, -0.1) is 0 Å². The van der Waals surface area contributed by atoms with Gasteiger partial charge in [0.15, 0.2) is 5.65 Å². The third kappa shape index (κ3) is 3.74. The van der Waals surface area contributed by atoms with Crippen molar-refractivity contribution in [2.45, 2.75) is 26.9 Å². The van der Waals surface area contributed by atoms with Gasteiger partial charge < -0.3 is 5.32 Å². The number of fused-ring (bicyclic) bond motifs is 1. The minimum atomic E-state index is -0.268. The highest BCUT2D eigenvalue weighted by molar-refractivity contribution is 6.30. The molecular formula is C23H21ClN4O2. The first-order valence-electron chi connectivity index (χ1n) is 9.59. The maximum atomic E-state index is 13.1. The number of benzene rings is 2. The van der Waals surface area contributed by atoms with Crippen LogP contribution in [-0.4, -0.2) is 20.0 Å². The Morgan fingerprint density at radius 1 is 1.10 bits per heavy atom. The molecular weight excluding hydrogens is 400 g/mol. The van der Waals surface area contributed by atoms with E-state index in [2.05, 4.69) is 10.3 Å². The number of nitrogens with zero attached hydrogens (tertiary/aromatic N) is 3. The molecule has 0 bridgehead atoms. The van der Waals surface area contributed by atoms with E-state index < -0.39 is 0 Å². The van der Waals surface area contributed by atoms with Crippen molar-refractivity contribution in [1.29, 1.82) is 0 Å². The van der Waals surface area contributed by atoms with Crippen LogP contribution in [0, 0.1) is 13.8 Å². The van der Waals surface area contributed by atoms with Gasteiger partial charge in [-0.3, -0.25) is 18.7 Å². The van der Waals surface area contributed by atoms with Gasteiger partial charge in [-0.1, -0.05) is 41.9 Å². The van der Waals surface area contributed by atoms with Crippen molar-refractivity contribution >= 4 is 28.5 Å². The van der Waals surface area contributed by atoms with Crippen LogP contribution < -0.4 is 10.9 Å². The van der Waals surface area contributed by atoms with Crippen molar-refractivity contribution in [2.24, 2.45) is 0 Å². The zero-order valence-electron chi connectivity index (χ0n) is 16.7. The smallest absolute Gasteiger partial charge is 0.263 e. The number of aryl methyl sites for hydroxylation is 1. The number of amides is 1. The van der Waals surface area contributed by atoms with E-state index in [4.69, 9.17) is 11.6 Å². The van der Waals surface area contributed by atoms with Crippen molar-refractivity contribution in [2.75, 3.05) is 0 Å². The number of hydrogen-bond donors (Lipinski definition) is 1. The van der Waals surface area contributed by atoms with Gasteiger partial charge in [0.25, 0.3) is 5.56 Å². The summed E-state index contributed by atoms with van der Waals surface area (Å²) in [4.78, 5) is 30.0. The molecule has 4 aromatic rings. The second-order valence-electron chi connectivity index (χ2n) is 7.16. The van der Waals surface area contributed by atoms with Gasteiger partial charge in [-0.25, -0.2) is 4.98 Å². The van der Waals surface area contributed by atoms with E-state index in [1.54, 1.807) is 12.1 Å². The summed E-state index contributed by atoms with van der Waals surface area (Å²) in [5.74, 6) is -0.268. The first kappa shape index (κ1) is 19.9. The first-order valence-corrected chi connectivity index (χ1v) is 9.97. The summed E-state index contributed by atoms with van der Waals surface area (Å²) >= 11 is 5.97. The molecule has 30 heavy (non-hydrogen) atoms. The molecule has 6 nitrogen and oxygen atoms in total. The standard InChI is InChI=1S/C23H21ClN4O2/c1-15-16(2)28(19-9-4-3-5-10-19)22-21(15)23(30)27(14-26-22)13-20(29)25-12-17-7-6-8-18(24)11-17/h3-11,14H,12-13H2,1-2H3,(H,25,29). The van der Waals surface area contributed by atoms with E-state index in [9.17, 15) is 9.59 Å². The van der Waals surface area contributed by atoms with E-state index in [0.717, 1.165) is 22.5 Å². The number of nitrogens with one attached hydrogen (secondary N) is 1. The number of para-hydroxylation sites is 1. The number of carbonyl (C=O) groups is 1. The van der Waals surface area contributed by atoms with Gasteiger partial charge in [0.05, 0.1) is 5.39 Å². The molecule has 0 spiro atoms. The monoisotopic (exact) mass is 420 g/mol. The van der Waals surface area contributed by atoms with Crippen molar-refractivity contribution in [3.8, 4) is 5.69 Å². The Kier molecular flexibility index (Phi) is 5.42. The average Bonchev–Trinajstić information content (AvgIpc) is 3.00. The second-order valence-corrected chi connectivity index (χ2v) is 7.60. The van der Waals surface area contributed by atoms with Crippen LogP contribution in [0.2, 0.25) is 5.02 Å². The molecule has 0 saturated carbocycles. The van der Waals surface area contributed by atoms with Gasteiger partial charge >= 0.3 is 0 Å². The highest BCUT2D eigenvalue weighted by atomic mass is 35.5. The summed E-state index contributed by atoms with van der Waals surface area (Å²) in [6, 6.07) is 17.1. The van der Waals surface area contributed by atoms with E-state index in [1.807, 2.05) is 60.9 Å². The fourth-order valence-corrected chi connectivity index (χ4v) is 3.76. The fraction of sp³-hybridized carbons (Fsp3) is 0.174. The molecule has 0 fully saturated rings. The molecule has 0 aliphatic rings. The average molecular weight is 421 g/mol. The predicted octanol–water partition coefficient (Wildman–Crippen LogP) is 3.77. The quantitative estimate of drug-likeness (QED) is 0.534. The van der Waals surface area contributed by atoms with E-state index in [-0.39, 0.29) is 18.0 Å². The minimum absolute atomic E-state index is 0.0999. The zero-order valence-corrected chi connectivity index (χ0v) is 17.5. The number of aromatic nitrogens is 3. The largest absolute Gasteiger partial charge is 0.350 e. The summed E-state index contributed by atoms with van der Waals surface area (Å²) in [5, 5.41) is 3.96. The zero-order chi connectivity index (χ0) is 21.3. The molecule has 4 rings (SSSR count). The maximum absolute atomic E-state index is 13.1. The lowest BCUT2D eigenvalue weighted by atomic mass is 10.2. The molecule has 0 aliphatic carbocycles. The molecule has 0 saturated heterocycles. The number of carbonyl (C=O) groups excluding carboxylic acids is 1. The van der Waals surface area contributed by atoms with Crippen LogP contribution in [0.1, 0.15) is 16.8 Å². The highest BCUT2D eigenvalue weighted by Gasteiger charge is 2.18. The van der Waals surface area contributed by atoms with Crippen molar-refractivity contribution < 1.29 is 4.79 Å². The molecule has 2 aromatic carbocycles. The van der Waals surface area contributed by atoms with Crippen molar-refractivity contribution in [3.05, 3.63) is 93.1 Å². The second kappa shape index (κ2) is 8.16. The topological polar surface area (TPSA) is 68.9 Å². The van der Waals surface area contributed by atoms with Crippen LogP contribution in [0.15, 0.2) is 65.7 Å². The number of halogens is 1. The fourth-order valence-electron chi connectivity index (χ4n) is 3.55. The highest BCUT2D eigenvalue weighted by Crippen LogP contribution is 2.24. The Balaban J connectivity index is 1.62. The molecule has 2 aromatic heterocycles. The Morgan fingerprint density at radius 3 is 2.60 bits per heavy atom. The van der Waals surface area contributed by atoms with Gasteiger partial charge in [0.2, 0.25) is 5.91 Å². The van der Waals surface area contributed by atoms with E-state index >= 15 is 0 Å². The van der Waals surface area contributed by atoms with Crippen LogP contribution in [0.4, 0.5) is 0 Å². The lowest BCUT2D eigenvalue weighted by Crippen LogP contribution is -2.32. The van der Waals surface area contributed by atoms with Gasteiger partial charge in [0.1, 0.15) is 12.9 Å². The SMILES string of the molecule is Cc1c(C)n(-c2ccccc2)c2ncn(CC(=O)NCc3cccc(Cl)c3)c(=O)c12. The molecule has 0 atom stereocenters. The molecule has 0 unspecified atom stereocenters. The molecule has 0 aliphatic heterocycles. The summed E-state index contributed by atoms with van der Waals surface area (Å²) in [5.41, 5.74) is 4.01. The molecule has 2 heterocycles. The minimum Gasteiger partial charge on any atom is -0.350 e. The number of hydrogen-bond acceptors (Lipinski definition) is 3. The van der Waals surface area contributed by atoms with Crippen LogP contribution in [0.3, 0.4) is 0 Å². The van der Waals surface area contributed by atoms with Gasteiger partial charge in [0, 0.05) is 22.9 Å². The summed E-state index contributed by atoms with van der Waals surface area (Å²) in [7, 11) is 0. The predicted molar refractivity (Wildman–Crippen MR) is 118 cm³/mol. The summed E-state index contributed by atoms with van der Waals surface area (Å²) < 4.78 is 3.31. The molecule has 0 radical (unpaired) electrons. The molecule has 1 N–H and O–H groups in total. The van der Waals surface area contributed by atoms with Crippen molar-refractivity contribution in [1.82, 2.24) is 19.4 Å². The lowest BCUT2D eigenvalue weighted by molar-refractivity contribution is -0.121. The van der Waals surface area contributed by atoms with Crippen LogP contribution >= 0.6 is 11.6 Å². The van der Waals surface area contributed by atoms with Crippen LogP contribution in [0.25, 0.3) is 16.7 Å². The van der Waals surface area contributed by atoms with Crippen molar-refractivity contribution in [3.63, 3.8) is 0 Å². The van der Waals surface area contributed by atoms with Gasteiger partial charge in [-0.2, -0.15) is 0 Å². The van der Waals surface area contributed by atoms with Crippen LogP contribution in [0.5, 0.6) is 0 Å². The maximum Gasteiger partial charge on any atom is 0.263 e.